The number of rotatable bonds is 3. The quantitative estimate of drug-likeness (QED) is 0.715. The van der Waals surface area contributed by atoms with Crippen LogP contribution >= 0.6 is 0 Å². The Morgan fingerprint density at radius 1 is 1.00 bits per heavy atom. The zero-order valence-electron chi connectivity index (χ0n) is 8.83. The van der Waals surface area contributed by atoms with E-state index in [1.165, 1.54) is 0 Å². The summed E-state index contributed by atoms with van der Waals surface area (Å²) in [5.74, 6) is 1.74. The molecule has 0 N–H and O–H groups in total. The van der Waals surface area contributed by atoms with Gasteiger partial charge in [0.1, 0.15) is 11.5 Å². The van der Waals surface area contributed by atoms with Gasteiger partial charge in [-0.3, -0.25) is 0 Å². The van der Waals surface area contributed by atoms with Crippen molar-refractivity contribution >= 4 is 0 Å². The summed E-state index contributed by atoms with van der Waals surface area (Å²) in [5, 5.41) is 0. The third-order valence-electron chi connectivity index (χ3n) is 1.37. The van der Waals surface area contributed by atoms with Gasteiger partial charge in [-0.25, -0.2) is 0 Å². The van der Waals surface area contributed by atoms with Crippen molar-refractivity contribution in [3.8, 4) is 11.5 Å². The summed E-state index contributed by atoms with van der Waals surface area (Å²) in [5.41, 5.74) is 0. The molecule has 0 aliphatic rings. The Balaban J connectivity index is 0.000000671. The molecule has 1 aromatic rings. The van der Waals surface area contributed by atoms with Crippen molar-refractivity contribution in [2.75, 3.05) is 13.7 Å². The topological polar surface area (TPSA) is 18.5 Å². The van der Waals surface area contributed by atoms with E-state index < -0.39 is 0 Å². The molecule has 2 heteroatoms. The number of methoxy groups -OCH3 is 1. The molecule has 0 amide bonds. The van der Waals surface area contributed by atoms with E-state index in [-0.39, 0.29) is 0 Å². The normalized spacial score (nSPS) is 8.31. The molecular weight excluding hydrogens is 164 g/mol. The Morgan fingerprint density at radius 2 is 1.46 bits per heavy atom. The molecule has 13 heavy (non-hydrogen) atoms. The summed E-state index contributed by atoms with van der Waals surface area (Å²) in [4.78, 5) is 0. The Labute approximate surface area is 80.5 Å². The van der Waals surface area contributed by atoms with E-state index in [2.05, 4.69) is 0 Å². The molecule has 0 heterocycles. The van der Waals surface area contributed by atoms with Crippen molar-refractivity contribution in [3.05, 3.63) is 24.3 Å². The molecule has 0 spiro atoms. The lowest BCUT2D eigenvalue weighted by molar-refractivity contribution is 0.339. The summed E-state index contributed by atoms with van der Waals surface area (Å²) < 4.78 is 10.2. The molecule has 0 atom stereocenters. The van der Waals surface area contributed by atoms with Crippen molar-refractivity contribution in [1.82, 2.24) is 0 Å². The molecule has 1 rings (SSSR count). The highest BCUT2D eigenvalue weighted by Gasteiger charge is 1.91. The SMILES string of the molecule is CC.CCOc1ccc(OC)cc1. The molecule has 0 unspecified atom stereocenters. The molecule has 0 saturated heterocycles. The van der Waals surface area contributed by atoms with Gasteiger partial charge in [-0.2, -0.15) is 0 Å². The summed E-state index contributed by atoms with van der Waals surface area (Å²) in [7, 11) is 1.65. The number of ether oxygens (including phenoxy) is 2. The predicted octanol–water partition coefficient (Wildman–Crippen LogP) is 3.12. The van der Waals surface area contributed by atoms with Crippen LogP contribution in [0.1, 0.15) is 20.8 Å². The highest BCUT2D eigenvalue weighted by molar-refractivity contribution is 5.30. The molecule has 0 saturated carbocycles. The lowest BCUT2D eigenvalue weighted by Crippen LogP contribution is -1.90. The summed E-state index contributed by atoms with van der Waals surface area (Å²) in [6.07, 6.45) is 0. The highest BCUT2D eigenvalue weighted by atomic mass is 16.5. The van der Waals surface area contributed by atoms with E-state index in [0.717, 1.165) is 11.5 Å². The predicted molar refractivity (Wildman–Crippen MR) is 55.5 cm³/mol. The molecule has 74 valence electrons. The molecule has 1 aromatic carbocycles. The molecule has 0 bridgehead atoms. The third kappa shape index (κ3) is 4.41. The first-order valence-electron chi connectivity index (χ1n) is 4.63. The van der Waals surface area contributed by atoms with Crippen LogP contribution in [0.4, 0.5) is 0 Å². The fraction of sp³-hybridized carbons (Fsp3) is 0.455. The van der Waals surface area contributed by atoms with Crippen LogP contribution in [0.25, 0.3) is 0 Å². The largest absolute Gasteiger partial charge is 0.497 e. The molecule has 2 nitrogen and oxygen atoms in total. The average molecular weight is 182 g/mol. The van der Waals surface area contributed by atoms with Gasteiger partial charge in [-0.05, 0) is 31.2 Å². The molecule has 0 radical (unpaired) electrons. The number of hydrogen-bond donors (Lipinski definition) is 0. The Kier molecular flexibility index (Phi) is 6.79. The summed E-state index contributed by atoms with van der Waals surface area (Å²) >= 11 is 0. The maximum Gasteiger partial charge on any atom is 0.119 e. The maximum absolute atomic E-state index is 5.25. The van der Waals surface area contributed by atoms with Crippen LogP contribution in [0.15, 0.2) is 24.3 Å². The van der Waals surface area contributed by atoms with Gasteiger partial charge in [0.25, 0.3) is 0 Å². The van der Waals surface area contributed by atoms with Gasteiger partial charge in [-0.1, -0.05) is 13.8 Å². The van der Waals surface area contributed by atoms with Crippen LogP contribution in [-0.4, -0.2) is 13.7 Å². The van der Waals surface area contributed by atoms with Crippen LogP contribution in [0.5, 0.6) is 11.5 Å². The van der Waals surface area contributed by atoms with Crippen molar-refractivity contribution in [2.24, 2.45) is 0 Å². The smallest absolute Gasteiger partial charge is 0.119 e. The van der Waals surface area contributed by atoms with Crippen LogP contribution in [0.2, 0.25) is 0 Å². The van der Waals surface area contributed by atoms with Gasteiger partial charge in [0.05, 0.1) is 13.7 Å². The van der Waals surface area contributed by atoms with Crippen molar-refractivity contribution < 1.29 is 9.47 Å². The maximum atomic E-state index is 5.25. The number of benzene rings is 1. The standard InChI is InChI=1S/C9H12O2.C2H6/c1-3-11-9-6-4-8(10-2)5-7-9;1-2/h4-7H,3H2,1-2H3;1-2H3. The lowest BCUT2D eigenvalue weighted by Gasteiger charge is -2.03. The minimum atomic E-state index is 0.701. The first-order valence-corrected chi connectivity index (χ1v) is 4.63. The second kappa shape index (κ2) is 7.47. The number of hydrogen-bond acceptors (Lipinski definition) is 2. The van der Waals surface area contributed by atoms with Gasteiger partial charge in [-0.15, -0.1) is 0 Å². The Bertz CT molecular complexity index is 204. The Hall–Kier alpha value is -1.18. The lowest BCUT2D eigenvalue weighted by atomic mass is 10.3. The van der Waals surface area contributed by atoms with Gasteiger partial charge >= 0.3 is 0 Å². The van der Waals surface area contributed by atoms with Gasteiger partial charge in [0.15, 0.2) is 0 Å². The molecule has 0 aliphatic heterocycles. The second-order valence-electron chi connectivity index (χ2n) is 2.11. The van der Waals surface area contributed by atoms with Crippen molar-refractivity contribution in [3.63, 3.8) is 0 Å². The fourth-order valence-electron chi connectivity index (χ4n) is 0.839. The zero-order valence-corrected chi connectivity index (χ0v) is 8.83. The highest BCUT2D eigenvalue weighted by Crippen LogP contribution is 2.16. The van der Waals surface area contributed by atoms with E-state index in [1.54, 1.807) is 7.11 Å². The van der Waals surface area contributed by atoms with Crippen LogP contribution in [0, 0.1) is 0 Å². The first-order chi connectivity index (χ1) is 6.36. The first kappa shape index (κ1) is 11.8. The van der Waals surface area contributed by atoms with Crippen LogP contribution in [-0.2, 0) is 0 Å². The zero-order chi connectivity index (χ0) is 10.1. The van der Waals surface area contributed by atoms with E-state index in [9.17, 15) is 0 Å². The van der Waals surface area contributed by atoms with E-state index in [4.69, 9.17) is 9.47 Å². The van der Waals surface area contributed by atoms with E-state index in [1.807, 2.05) is 45.0 Å². The minimum absolute atomic E-state index is 0.701. The Morgan fingerprint density at radius 3 is 1.85 bits per heavy atom. The van der Waals surface area contributed by atoms with Crippen LogP contribution < -0.4 is 9.47 Å². The van der Waals surface area contributed by atoms with Crippen molar-refractivity contribution in [1.29, 1.82) is 0 Å². The molecular formula is C11H18O2. The van der Waals surface area contributed by atoms with E-state index >= 15 is 0 Å². The third-order valence-corrected chi connectivity index (χ3v) is 1.37. The van der Waals surface area contributed by atoms with Gasteiger partial charge < -0.3 is 9.47 Å². The fourth-order valence-corrected chi connectivity index (χ4v) is 0.839. The molecule has 0 aromatic heterocycles. The summed E-state index contributed by atoms with van der Waals surface area (Å²) in [6, 6.07) is 7.54. The minimum Gasteiger partial charge on any atom is -0.497 e. The summed E-state index contributed by atoms with van der Waals surface area (Å²) in [6.45, 7) is 6.66. The van der Waals surface area contributed by atoms with E-state index in [0.29, 0.717) is 6.61 Å². The monoisotopic (exact) mass is 182 g/mol. The molecule has 0 aliphatic carbocycles. The van der Waals surface area contributed by atoms with Crippen molar-refractivity contribution in [2.45, 2.75) is 20.8 Å². The van der Waals surface area contributed by atoms with Crippen LogP contribution in [0.3, 0.4) is 0 Å². The molecule has 0 fully saturated rings. The van der Waals surface area contributed by atoms with Gasteiger partial charge in [0.2, 0.25) is 0 Å². The van der Waals surface area contributed by atoms with Gasteiger partial charge in [0, 0.05) is 0 Å². The second-order valence-corrected chi connectivity index (χ2v) is 2.11. The average Bonchev–Trinajstić information content (AvgIpc) is 2.23.